The van der Waals surface area contributed by atoms with Crippen LogP contribution in [-0.4, -0.2) is 12.4 Å². The van der Waals surface area contributed by atoms with Crippen LogP contribution < -0.4 is 10.5 Å². The summed E-state index contributed by atoms with van der Waals surface area (Å²) in [5.41, 5.74) is 7.52. The first-order valence-electron chi connectivity index (χ1n) is 8.43. The zero-order valence-electron chi connectivity index (χ0n) is 14.8. The second-order valence-corrected chi connectivity index (χ2v) is 7.20. The van der Waals surface area contributed by atoms with E-state index in [1.807, 2.05) is 45.0 Å². The predicted molar refractivity (Wildman–Crippen MR) is 93.3 cm³/mol. The van der Waals surface area contributed by atoms with Crippen LogP contribution in [0.15, 0.2) is 47.1 Å². The number of nitrogens with two attached hydrogens (primary N) is 1. The summed E-state index contributed by atoms with van der Waals surface area (Å²) in [6.07, 6.45) is 1.06. The molecule has 3 rings (SSSR count). The van der Waals surface area contributed by atoms with Crippen molar-refractivity contribution in [3.8, 4) is 11.8 Å². The third-order valence-electron chi connectivity index (χ3n) is 4.60. The van der Waals surface area contributed by atoms with Crippen molar-refractivity contribution in [1.82, 2.24) is 0 Å². The Balaban J connectivity index is 2.09. The van der Waals surface area contributed by atoms with Gasteiger partial charge in [-0.15, -0.1) is 0 Å². The maximum absolute atomic E-state index is 12.8. The summed E-state index contributed by atoms with van der Waals surface area (Å²) in [6.45, 7) is 6.56. The molecule has 5 heteroatoms. The SMILES string of the molecule is CCOc1ccc([C@H]2C(C#N)=C(N)OC3=C2C(=O)CC(C)(C)C3)cc1. The van der Waals surface area contributed by atoms with Crippen molar-refractivity contribution in [2.45, 2.75) is 39.5 Å². The molecule has 1 aromatic carbocycles. The summed E-state index contributed by atoms with van der Waals surface area (Å²) in [6, 6.07) is 9.57. The van der Waals surface area contributed by atoms with E-state index in [0.29, 0.717) is 30.8 Å². The fourth-order valence-corrected chi connectivity index (χ4v) is 3.54. The van der Waals surface area contributed by atoms with E-state index < -0.39 is 5.92 Å². The predicted octanol–water partition coefficient (Wildman–Crippen LogP) is 3.54. The Bertz CT molecular complexity index is 810. The van der Waals surface area contributed by atoms with Crippen molar-refractivity contribution < 1.29 is 14.3 Å². The molecule has 0 saturated carbocycles. The maximum Gasteiger partial charge on any atom is 0.205 e. The van der Waals surface area contributed by atoms with E-state index in [9.17, 15) is 10.1 Å². The smallest absolute Gasteiger partial charge is 0.205 e. The lowest BCUT2D eigenvalue weighted by Crippen LogP contribution is -2.33. The Kier molecular flexibility index (Phi) is 4.30. The van der Waals surface area contributed by atoms with Gasteiger partial charge in [0.15, 0.2) is 5.78 Å². The van der Waals surface area contributed by atoms with Crippen LogP contribution in [0.3, 0.4) is 0 Å². The molecule has 0 fully saturated rings. The summed E-state index contributed by atoms with van der Waals surface area (Å²) < 4.78 is 11.2. The monoisotopic (exact) mass is 338 g/mol. The highest BCUT2D eigenvalue weighted by Crippen LogP contribution is 2.47. The van der Waals surface area contributed by atoms with Crippen molar-refractivity contribution in [3.05, 3.63) is 52.6 Å². The van der Waals surface area contributed by atoms with Gasteiger partial charge in [-0.1, -0.05) is 26.0 Å². The third-order valence-corrected chi connectivity index (χ3v) is 4.60. The zero-order chi connectivity index (χ0) is 18.2. The van der Waals surface area contributed by atoms with Crippen LogP contribution >= 0.6 is 0 Å². The van der Waals surface area contributed by atoms with Crippen LogP contribution in [0.4, 0.5) is 0 Å². The first kappa shape index (κ1) is 17.1. The zero-order valence-corrected chi connectivity index (χ0v) is 14.8. The number of hydrogen-bond acceptors (Lipinski definition) is 5. The summed E-state index contributed by atoms with van der Waals surface area (Å²) >= 11 is 0. The molecular formula is C20H22N2O3. The number of hydrogen-bond donors (Lipinski definition) is 1. The van der Waals surface area contributed by atoms with Gasteiger partial charge in [0.05, 0.1) is 12.5 Å². The summed E-state index contributed by atoms with van der Waals surface area (Å²) in [7, 11) is 0. The van der Waals surface area contributed by atoms with Crippen LogP contribution in [0.25, 0.3) is 0 Å². The van der Waals surface area contributed by atoms with Crippen LogP contribution in [-0.2, 0) is 9.53 Å². The van der Waals surface area contributed by atoms with Crippen LogP contribution in [0.1, 0.15) is 45.1 Å². The van der Waals surface area contributed by atoms with Gasteiger partial charge < -0.3 is 15.2 Å². The Morgan fingerprint density at radius 1 is 1.32 bits per heavy atom. The molecule has 2 N–H and O–H groups in total. The van der Waals surface area contributed by atoms with Gasteiger partial charge in [0, 0.05) is 18.4 Å². The molecule has 25 heavy (non-hydrogen) atoms. The molecule has 0 saturated heterocycles. The highest BCUT2D eigenvalue weighted by molar-refractivity contribution is 6.00. The average molecular weight is 338 g/mol. The number of carbonyl (C=O) groups is 1. The van der Waals surface area contributed by atoms with Crippen molar-refractivity contribution in [3.63, 3.8) is 0 Å². The standard InChI is InChI=1S/C20H22N2O3/c1-4-24-13-7-5-12(6-8-13)17-14(11-21)19(22)25-16-10-20(2,3)9-15(23)18(16)17/h5-8,17H,4,9-10,22H2,1-3H3/t17-/m0/s1. The molecule has 0 radical (unpaired) electrons. The lowest BCUT2D eigenvalue weighted by Gasteiger charge is -2.37. The Morgan fingerprint density at radius 2 is 2.00 bits per heavy atom. The largest absolute Gasteiger partial charge is 0.494 e. The molecule has 1 atom stereocenters. The number of nitrogens with zero attached hydrogens (tertiary/aromatic N) is 1. The number of ether oxygens (including phenoxy) is 2. The molecular weight excluding hydrogens is 316 g/mol. The normalized spacial score (nSPS) is 22.2. The molecule has 5 nitrogen and oxygen atoms in total. The molecule has 0 unspecified atom stereocenters. The number of nitriles is 1. The molecule has 1 aromatic rings. The summed E-state index contributed by atoms with van der Waals surface area (Å²) in [5.74, 6) is 0.972. The topological polar surface area (TPSA) is 85.3 Å². The highest BCUT2D eigenvalue weighted by Gasteiger charge is 2.42. The fraction of sp³-hybridized carbons (Fsp3) is 0.400. The van der Waals surface area contributed by atoms with Gasteiger partial charge in [-0.05, 0) is 30.0 Å². The van der Waals surface area contributed by atoms with E-state index in [1.54, 1.807) is 0 Å². The van der Waals surface area contributed by atoms with E-state index in [2.05, 4.69) is 6.07 Å². The Morgan fingerprint density at radius 3 is 2.60 bits per heavy atom. The van der Waals surface area contributed by atoms with Crippen molar-refractivity contribution in [1.29, 1.82) is 5.26 Å². The fourth-order valence-electron chi connectivity index (χ4n) is 3.54. The number of carbonyl (C=O) groups excluding carboxylic acids is 1. The van der Waals surface area contributed by atoms with Gasteiger partial charge in [0.1, 0.15) is 23.2 Å². The van der Waals surface area contributed by atoms with Gasteiger partial charge in [-0.25, -0.2) is 0 Å². The van der Waals surface area contributed by atoms with Gasteiger partial charge >= 0.3 is 0 Å². The van der Waals surface area contributed by atoms with Gasteiger partial charge in [-0.3, -0.25) is 4.79 Å². The third kappa shape index (κ3) is 3.12. The summed E-state index contributed by atoms with van der Waals surface area (Å²) in [4.78, 5) is 12.8. The molecule has 0 spiro atoms. The molecule has 2 aliphatic rings. The van der Waals surface area contributed by atoms with E-state index in [1.165, 1.54) is 0 Å². The molecule has 0 bridgehead atoms. The molecule has 130 valence electrons. The first-order valence-corrected chi connectivity index (χ1v) is 8.43. The maximum atomic E-state index is 12.8. The van der Waals surface area contributed by atoms with E-state index in [4.69, 9.17) is 15.2 Å². The molecule has 0 aromatic heterocycles. The number of rotatable bonds is 3. The van der Waals surface area contributed by atoms with E-state index in [-0.39, 0.29) is 22.7 Å². The minimum absolute atomic E-state index is 0.0189. The number of Topliss-reactive ketones (excluding diaryl/α,β-unsaturated/α-hetero) is 1. The van der Waals surface area contributed by atoms with Crippen molar-refractivity contribution in [2.75, 3.05) is 6.61 Å². The van der Waals surface area contributed by atoms with E-state index in [0.717, 1.165) is 11.3 Å². The minimum Gasteiger partial charge on any atom is -0.494 e. The molecule has 1 heterocycles. The van der Waals surface area contributed by atoms with Crippen molar-refractivity contribution in [2.24, 2.45) is 11.1 Å². The van der Waals surface area contributed by atoms with Crippen LogP contribution in [0.2, 0.25) is 0 Å². The quantitative estimate of drug-likeness (QED) is 0.911. The first-order chi connectivity index (χ1) is 11.9. The Hall–Kier alpha value is -2.74. The highest BCUT2D eigenvalue weighted by atomic mass is 16.5. The number of allylic oxidation sites excluding steroid dienone is 3. The Labute approximate surface area is 147 Å². The van der Waals surface area contributed by atoms with Crippen LogP contribution in [0, 0.1) is 16.7 Å². The molecule has 1 aliphatic carbocycles. The number of benzene rings is 1. The number of ketones is 1. The summed E-state index contributed by atoms with van der Waals surface area (Å²) in [5, 5.41) is 9.58. The van der Waals surface area contributed by atoms with Crippen molar-refractivity contribution >= 4 is 5.78 Å². The second kappa shape index (κ2) is 6.29. The molecule has 0 amide bonds. The second-order valence-electron chi connectivity index (χ2n) is 7.20. The van der Waals surface area contributed by atoms with Crippen LogP contribution in [0.5, 0.6) is 5.75 Å². The molecule has 1 aliphatic heterocycles. The van der Waals surface area contributed by atoms with Gasteiger partial charge in [-0.2, -0.15) is 5.26 Å². The minimum atomic E-state index is -0.479. The van der Waals surface area contributed by atoms with E-state index >= 15 is 0 Å². The lowest BCUT2D eigenvalue weighted by molar-refractivity contribution is -0.119. The average Bonchev–Trinajstić information content (AvgIpc) is 2.53. The lowest BCUT2D eigenvalue weighted by atomic mass is 9.70. The van der Waals surface area contributed by atoms with Gasteiger partial charge in [0.25, 0.3) is 0 Å². The van der Waals surface area contributed by atoms with Gasteiger partial charge in [0.2, 0.25) is 5.88 Å².